The second kappa shape index (κ2) is 7.84. The van der Waals surface area contributed by atoms with Crippen LogP contribution in [0.1, 0.15) is 24.8 Å². The lowest BCUT2D eigenvalue weighted by molar-refractivity contribution is -0.126. The first-order chi connectivity index (χ1) is 12.0. The topological polar surface area (TPSA) is 93.1 Å². The van der Waals surface area contributed by atoms with Gasteiger partial charge in [0, 0.05) is 32.1 Å². The Morgan fingerprint density at radius 1 is 1.16 bits per heavy atom. The number of carboxylic acid groups (broad SMARTS) is 1. The molecule has 1 aromatic rings. The van der Waals surface area contributed by atoms with Crippen molar-refractivity contribution in [2.45, 2.75) is 44.0 Å². The second-order valence-corrected chi connectivity index (χ2v) is 6.88. The molecule has 0 aromatic heterocycles. The molecule has 2 saturated heterocycles. The van der Waals surface area contributed by atoms with Crippen molar-refractivity contribution in [3.05, 3.63) is 35.9 Å². The number of hydrogen-bond acceptors (Lipinski definition) is 4. The lowest BCUT2D eigenvalue weighted by atomic mass is 10.0. The normalized spacial score (nSPS) is 25.1. The van der Waals surface area contributed by atoms with Gasteiger partial charge in [-0.15, -0.1) is 0 Å². The molecule has 2 atom stereocenters. The molecule has 2 aliphatic rings. The van der Waals surface area contributed by atoms with Gasteiger partial charge in [0.1, 0.15) is 6.04 Å². The molecule has 2 fully saturated rings. The van der Waals surface area contributed by atoms with Gasteiger partial charge >= 0.3 is 6.09 Å². The van der Waals surface area contributed by atoms with Crippen LogP contribution in [0.25, 0.3) is 0 Å². The van der Waals surface area contributed by atoms with Crippen molar-refractivity contribution < 1.29 is 19.8 Å². The molecule has 2 unspecified atom stereocenters. The van der Waals surface area contributed by atoms with Crippen molar-refractivity contribution in [1.29, 1.82) is 0 Å². The number of benzene rings is 1. The molecule has 0 spiro atoms. The molecular weight excluding hydrogens is 322 g/mol. The molecule has 3 N–H and O–H groups in total. The third kappa shape index (κ3) is 4.49. The predicted octanol–water partition coefficient (Wildman–Crippen LogP) is 0.880. The number of nitrogens with one attached hydrogen (secondary N) is 1. The minimum atomic E-state index is -1.16. The molecule has 0 aliphatic carbocycles. The quantitative estimate of drug-likeness (QED) is 0.752. The van der Waals surface area contributed by atoms with E-state index in [1.807, 2.05) is 18.2 Å². The third-order valence-corrected chi connectivity index (χ3v) is 5.01. The molecule has 0 bridgehead atoms. The summed E-state index contributed by atoms with van der Waals surface area (Å²) in [7, 11) is 0. The number of likely N-dealkylation sites (tertiary alicyclic amines) is 2. The zero-order valence-corrected chi connectivity index (χ0v) is 14.2. The van der Waals surface area contributed by atoms with Gasteiger partial charge in [0.25, 0.3) is 0 Å². The minimum absolute atomic E-state index is 0.00292. The van der Waals surface area contributed by atoms with Crippen molar-refractivity contribution in [1.82, 2.24) is 15.1 Å². The monoisotopic (exact) mass is 347 g/mol. The number of β-amino-alcohol motifs (C(OH)–C–C–N with tert-alkyl or cyclic N) is 1. The van der Waals surface area contributed by atoms with E-state index in [2.05, 4.69) is 22.3 Å². The average molecular weight is 347 g/mol. The summed E-state index contributed by atoms with van der Waals surface area (Å²) in [6.45, 7) is 2.71. The van der Waals surface area contributed by atoms with Crippen molar-refractivity contribution in [2.75, 3.05) is 19.6 Å². The molecule has 3 rings (SSSR count). The maximum absolute atomic E-state index is 12.4. The van der Waals surface area contributed by atoms with E-state index >= 15 is 0 Å². The van der Waals surface area contributed by atoms with Crippen LogP contribution >= 0.6 is 0 Å². The molecule has 136 valence electrons. The molecule has 2 aliphatic heterocycles. The van der Waals surface area contributed by atoms with Crippen LogP contribution in [0, 0.1) is 0 Å². The van der Waals surface area contributed by atoms with Crippen LogP contribution in [0.15, 0.2) is 30.3 Å². The number of hydrogen-bond donors (Lipinski definition) is 3. The molecule has 25 heavy (non-hydrogen) atoms. The zero-order valence-electron chi connectivity index (χ0n) is 14.2. The van der Waals surface area contributed by atoms with Gasteiger partial charge in [-0.25, -0.2) is 4.79 Å². The summed E-state index contributed by atoms with van der Waals surface area (Å²) in [5, 5.41) is 21.8. The Labute approximate surface area is 147 Å². The zero-order chi connectivity index (χ0) is 17.8. The fourth-order valence-corrected chi connectivity index (χ4v) is 3.65. The van der Waals surface area contributed by atoms with Crippen LogP contribution in [0.3, 0.4) is 0 Å². The van der Waals surface area contributed by atoms with E-state index in [1.54, 1.807) is 0 Å². The first-order valence-electron chi connectivity index (χ1n) is 8.77. The molecule has 1 aromatic carbocycles. The average Bonchev–Trinajstić information content (AvgIpc) is 3.00. The Bertz CT molecular complexity index is 602. The van der Waals surface area contributed by atoms with Crippen molar-refractivity contribution in [3.63, 3.8) is 0 Å². The van der Waals surface area contributed by atoms with Crippen LogP contribution in [-0.2, 0) is 11.3 Å². The standard InChI is InChI=1S/C18H25N3O4/c22-15-10-16(21(12-15)18(24)25)17(23)19-14-6-8-20(9-7-14)11-13-4-2-1-3-5-13/h1-5,14-16,22H,6-12H2,(H,19,23)(H,24,25). The molecule has 7 heteroatoms. The van der Waals surface area contributed by atoms with Crippen LogP contribution in [0.4, 0.5) is 4.79 Å². The molecule has 0 radical (unpaired) electrons. The van der Waals surface area contributed by atoms with E-state index in [0.717, 1.165) is 37.4 Å². The van der Waals surface area contributed by atoms with Crippen LogP contribution in [-0.4, -0.2) is 69.8 Å². The fraction of sp³-hybridized carbons (Fsp3) is 0.556. The highest BCUT2D eigenvalue weighted by Gasteiger charge is 2.39. The molecule has 0 saturated carbocycles. The lowest BCUT2D eigenvalue weighted by Gasteiger charge is -2.33. The van der Waals surface area contributed by atoms with E-state index in [1.165, 1.54) is 5.56 Å². The van der Waals surface area contributed by atoms with Crippen molar-refractivity contribution >= 4 is 12.0 Å². The second-order valence-electron chi connectivity index (χ2n) is 6.88. The van der Waals surface area contributed by atoms with Gasteiger partial charge in [-0.1, -0.05) is 30.3 Å². The van der Waals surface area contributed by atoms with E-state index in [-0.39, 0.29) is 24.9 Å². The maximum Gasteiger partial charge on any atom is 0.408 e. The highest BCUT2D eigenvalue weighted by Crippen LogP contribution is 2.20. The van der Waals surface area contributed by atoms with Gasteiger partial charge in [-0.3, -0.25) is 14.6 Å². The Hall–Kier alpha value is -2.12. The predicted molar refractivity (Wildman–Crippen MR) is 92.0 cm³/mol. The summed E-state index contributed by atoms with van der Waals surface area (Å²) in [5.41, 5.74) is 1.28. The van der Waals surface area contributed by atoms with Gasteiger partial charge in [0.15, 0.2) is 0 Å². The largest absolute Gasteiger partial charge is 0.465 e. The van der Waals surface area contributed by atoms with Crippen LogP contribution in [0.2, 0.25) is 0 Å². The SMILES string of the molecule is O=C(NC1CCN(Cc2ccccc2)CC1)C1CC(O)CN1C(=O)O. The van der Waals surface area contributed by atoms with Crippen molar-refractivity contribution in [3.8, 4) is 0 Å². The van der Waals surface area contributed by atoms with Crippen molar-refractivity contribution in [2.24, 2.45) is 0 Å². The van der Waals surface area contributed by atoms with Crippen LogP contribution < -0.4 is 5.32 Å². The number of carbonyl (C=O) groups is 2. The summed E-state index contributed by atoms with van der Waals surface area (Å²) in [6.07, 6.45) is -0.0544. The van der Waals surface area contributed by atoms with Crippen LogP contribution in [0.5, 0.6) is 0 Å². The summed E-state index contributed by atoms with van der Waals surface area (Å²) in [4.78, 5) is 27.0. The summed E-state index contributed by atoms with van der Waals surface area (Å²) in [6, 6.07) is 9.58. The maximum atomic E-state index is 12.4. The third-order valence-electron chi connectivity index (χ3n) is 5.01. The van der Waals surface area contributed by atoms with E-state index < -0.39 is 18.2 Å². The first kappa shape index (κ1) is 17.7. The number of aliphatic hydroxyl groups excluding tert-OH is 1. The number of carbonyl (C=O) groups excluding carboxylic acids is 1. The Morgan fingerprint density at radius 3 is 2.48 bits per heavy atom. The van der Waals surface area contributed by atoms with Gasteiger partial charge in [-0.2, -0.15) is 0 Å². The Balaban J connectivity index is 1.47. The summed E-state index contributed by atoms with van der Waals surface area (Å²) < 4.78 is 0. The van der Waals surface area contributed by atoms with Gasteiger partial charge in [-0.05, 0) is 18.4 Å². The van der Waals surface area contributed by atoms with E-state index in [4.69, 9.17) is 5.11 Å². The number of aliphatic hydroxyl groups is 1. The Morgan fingerprint density at radius 2 is 1.84 bits per heavy atom. The summed E-state index contributed by atoms with van der Waals surface area (Å²) in [5.74, 6) is -0.291. The smallest absolute Gasteiger partial charge is 0.408 e. The highest BCUT2D eigenvalue weighted by molar-refractivity contribution is 5.86. The van der Waals surface area contributed by atoms with Gasteiger partial charge in [0.2, 0.25) is 5.91 Å². The fourth-order valence-electron chi connectivity index (χ4n) is 3.65. The van der Waals surface area contributed by atoms with Gasteiger partial charge in [0.05, 0.1) is 12.6 Å². The molecular formula is C18H25N3O4. The number of piperidine rings is 1. The lowest BCUT2D eigenvalue weighted by Crippen LogP contribution is -2.51. The number of amides is 2. The number of nitrogens with zero attached hydrogens (tertiary/aromatic N) is 2. The highest BCUT2D eigenvalue weighted by atomic mass is 16.4. The first-order valence-corrected chi connectivity index (χ1v) is 8.77. The molecule has 2 amide bonds. The number of rotatable bonds is 4. The molecule has 2 heterocycles. The Kier molecular flexibility index (Phi) is 5.55. The summed E-state index contributed by atoms with van der Waals surface area (Å²) >= 11 is 0. The van der Waals surface area contributed by atoms with E-state index in [0.29, 0.717) is 0 Å². The molecule has 7 nitrogen and oxygen atoms in total. The van der Waals surface area contributed by atoms with Gasteiger partial charge < -0.3 is 15.5 Å². The minimum Gasteiger partial charge on any atom is -0.465 e. The van der Waals surface area contributed by atoms with E-state index in [9.17, 15) is 14.7 Å².